The van der Waals surface area contributed by atoms with E-state index in [2.05, 4.69) is 23.6 Å². The van der Waals surface area contributed by atoms with Crippen LogP contribution in [-0.2, 0) is 14.3 Å². The summed E-state index contributed by atoms with van der Waals surface area (Å²) in [6, 6.07) is 0. The first-order valence-corrected chi connectivity index (χ1v) is 10.3. The molecule has 1 atom stereocenters. The largest absolute Gasteiger partial charge is 0.378 e. The van der Waals surface area contributed by atoms with Crippen molar-refractivity contribution in [3.05, 3.63) is 0 Å². The van der Waals surface area contributed by atoms with Crippen molar-refractivity contribution < 1.29 is 14.3 Å². The monoisotopic (exact) mass is 365 g/mol. The van der Waals surface area contributed by atoms with Gasteiger partial charge >= 0.3 is 0 Å². The van der Waals surface area contributed by atoms with Gasteiger partial charge in [0, 0.05) is 44.6 Å². The van der Waals surface area contributed by atoms with E-state index in [0.29, 0.717) is 38.0 Å². The Morgan fingerprint density at radius 3 is 2.65 bits per heavy atom. The van der Waals surface area contributed by atoms with Crippen LogP contribution < -0.4 is 0 Å². The van der Waals surface area contributed by atoms with Gasteiger partial charge in [0.2, 0.25) is 11.8 Å². The molecule has 0 radical (unpaired) electrons. The molecule has 2 amide bonds. The fourth-order valence-electron chi connectivity index (χ4n) is 4.60. The van der Waals surface area contributed by atoms with E-state index in [1.807, 2.05) is 4.90 Å². The van der Waals surface area contributed by atoms with Crippen molar-refractivity contribution in [1.82, 2.24) is 14.7 Å². The smallest absolute Gasteiger partial charge is 0.236 e. The zero-order valence-corrected chi connectivity index (χ0v) is 16.5. The predicted octanol–water partition coefficient (Wildman–Crippen LogP) is 1.60. The van der Waals surface area contributed by atoms with Crippen molar-refractivity contribution >= 4 is 11.8 Å². The zero-order chi connectivity index (χ0) is 18.6. The Balaban J connectivity index is 1.56. The maximum absolute atomic E-state index is 12.6. The molecule has 6 heteroatoms. The van der Waals surface area contributed by atoms with E-state index in [1.165, 1.54) is 6.42 Å². The van der Waals surface area contributed by atoms with Gasteiger partial charge in [0.25, 0.3) is 0 Å². The number of amides is 2. The minimum Gasteiger partial charge on any atom is -0.378 e. The molecule has 0 aromatic heterocycles. The second-order valence-electron chi connectivity index (χ2n) is 8.81. The molecule has 3 saturated heterocycles. The van der Waals surface area contributed by atoms with Crippen LogP contribution in [0.1, 0.15) is 46.0 Å². The van der Waals surface area contributed by atoms with E-state index in [4.69, 9.17) is 4.74 Å². The molecule has 0 aromatic carbocycles. The maximum Gasteiger partial charge on any atom is 0.236 e. The summed E-state index contributed by atoms with van der Waals surface area (Å²) in [5.74, 6) is 1.17. The van der Waals surface area contributed by atoms with E-state index in [0.717, 1.165) is 58.5 Å². The van der Waals surface area contributed by atoms with Gasteiger partial charge in [-0.05, 0) is 38.1 Å². The Hall–Kier alpha value is -1.14. The van der Waals surface area contributed by atoms with Gasteiger partial charge < -0.3 is 14.5 Å². The van der Waals surface area contributed by atoms with Crippen LogP contribution in [0.25, 0.3) is 0 Å². The summed E-state index contributed by atoms with van der Waals surface area (Å²) in [6.45, 7) is 11.4. The van der Waals surface area contributed by atoms with Crippen LogP contribution in [-0.4, -0.2) is 85.5 Å². The lowest BCUT2D eigenvalue weighted by molar-refractivity contribution is -0.142. The summed E-state index contributed by atoms with van der Waals surface area (Å²) in [5.41, 5.74) is 0.189. The van der Waals surface area contributed by atoms with E-state index < -0.39 is 0 Å². The van der Waals surface area contributed by atoms with Crippen molar-refractivity contribution in [2.45, 2.75) is 46.0 Å². The summed E-state index contributed by atoms with van der Waals surface area (Å²) in [7, 11) is 0. The first kappa shape index (κ1) is 19.6. The number of rotatable bonds is 5. The lowest BCUT2D eigenvalue weighted by Gasteiger charge is -2.48. The molecule has 0 saturated carbocycles. The molecule has 0 bridgehead atoms. The Morgan fingerprint density at radius 2 is 1.92 bits per heavy atom. The number of piperidine rings is 2. The Kier molecular flexibility index (Phi) is 6.56. The van der Waals surface area contributed by atoms with Crippen molar-refractivity contribution in [3.63, 3.8) is 0 Å². The maximum atomic E-state index is 12.6. The molecular formula is C20H35N3O3. The minimum atomic E-state index is 0.189. The first-order chi connectivity index (χ1) is 12.5. The Morgan fingerprint density at radius 1 is 1.15 bits per heavy atom. The lowest BCUT2D eigenvalue weighted by atomic mass is 9.73. The van der Waals surface area contributed by atoms with E-state index in [-0.39, 0.29) is 11.3 Å². The fourth-order valence-corrected chi connectivity index (χ4v) is 4.60. The van der Waals surface area contributed by atoms with Gasteiger partial charge in [-0.25, -0.2) is 0 Å². The molecule has 0 N–H and O–H groups in total. The van der Waals surface area contributed by atoms with Crippen LogP contribution in [0.2, 0.25) is 0 Å². The molecule has 3 heterocycles. The predicted molar refractivity (Wildman–Crippen MR) is 101 cm³/mol. The minimum absolute atomic E-state index is 0.189. The lowest BCUT2D eigenvalue weighted by Crippen LogP contribution is -2.56. The zero-order valence-electron chi connectivity index (χ0n) is 16.5. The van der Waals surface area contributed by atoms with Crippen LogP contribution in [0.4, 0.5) is 0 Å². The number of likely N-dealkylation sites (tertiary alicyclic amines) is 2. The molecular weight excluding hydrogens is 330 g/mol. The number of morpholine rings is 1. The molecule has 6 nitrogen and oxygen atoms in total. The molecule has 3 aliphatic rings. The van der Waals surface area contributed by atoms with Crippen LogP contribution in [0.15, 0.2) is 0 Å². The van der Waals surface area contributed by atoms with Gasteiger partial charge in [0.1, 0.15) is 0 Å². The first-order valence-electron chi connectivity index (χ1n) is 10.3. The topological polar surface area (TPSA) is 53.1 Å². The Labute approximate surface area is 157 Å². The summed E-state index contributed by atoms with van der Waals surface area (Å²) in [6.07, 6.45) is 5.03. The summed E-state index contributed by atoms with van der Waals surface area (Å²) in [5, 5.41) is 0. The van der Waals surface area contributed by atoms with Crippen LogP contribution >= 0.6 is 0 Å². The van der Waals surface area contributed by atoms with E-state index in [9.17, 15) is 9.59 Å². The van der Waals surface area contributed by atoms with Crippen molar-refractivity contribution in [3.8, 4) is 0 Å². The number of hydrogen-bond donors (Lipinski definition) is 0. The number of carbonyl (C=O) groups excluding carboxylic acids is 2. The summed E-state index contributed by atoms with van der Waals surface area (Å²) >= 11 is 0. The van der Waals surface area contributed by atoms with Gasteiger partial charge in [-0.3, -0.25) is 14.5 Å². The second kappa shape index (κ2) is 8.70. The van der Waals surface area contributed by atoms with Crippen molar-refractivity contribution in [1.29, 1.82) is 0 Å². The van der Waals surface area contributed by atoms with E-state index >= 15 is 0 Å². The highest BCUT2D eigenvalue weighted by Crippen LogP contribution is 2.39. The van der Waals surface area contributed by atoms with E-state index in [1.54, 1.807) is 0 Å². The van der Waals surface area contributed by atoms with Crippen LogP contribution in [0, 0.1) is 11.3 Å². The normalized spacial score (nSPS) is 28.2. The standard InChI is InChI=1S/C20H35N3O3/c1-17(2)5-9-23-16-20(7-4-18(23)24)6-3-8-21(15-20)14-19(25)22-10-12-26-13-11-22/h17H,3-16H2,1-2H3. The molecule has 26 heavy (non-hydrogen) atoms. The number of hydrogen-bond acceptors (Lipinski definition) is 4. The summed E-state index contributed by atoms with van der Waals surface area (Å²) in [4.78, 5) is 31.3. The fraction of sp³-hybridized carbons (Fsp3) is 0.900. The number of carbonyl (C=O) groups is 2. The molecule has 0 aliphatic carbocycles. The molecule has 3 fully saturated rings. The molecule has 3 rings (SSSR count). The highest BCUT2D eigenvalue weighted by Gasteiger charge is 2.42. The Bertz CT molecular complexity index is 505. The van der Waals surface area contributed by atoms with Crippen molar-refractivity contribution in [2.24, 2.45) is 11.3 Å². The van der Waals surface area contributed by atoms with Gasteiger partial charge in [-0.1, -0.05) is 13.8 Å². The molecule has 1 spiro atoms. The summed E-state index contributed by atoms with van der Waals surface area (Å²) < 4.78 is 5.35. The van der Waals surface area contributed by atoms with Crippen LogP contribution in [0.5, 0.6) is 0 Å². The molecule has 1 unspecified atom stereocenters. The van der Waals surface area contributed by atoms with Gasteiger partial charge in [-0.2, -0.15) is 0 Å². The van der Waals surface area contributed by atoms with Gasteiger partial charge in [0.05, 0.1) is 19.8 Å². The third-order valence-corrected chi connectivity index (χ3v) is 6.19. The average molecular weight is 366 g/mol. The molecule has 148 valence electrons. The molecule has 0 aromatic rings. The van der Waals surface area contributed by atoms with Crippen molar-refractivity contribution in [2.75, 3.05) is 59.0 Å². The van der Waals surface area contributed by atoms with Gasteiger partial charge in [0.15, 0.2) is 0 Å². The van der Waals surface area contributed by atoms with Crippen LogP contribution in [0.3, 0.4) is 0 Å². The third kappa shape index (κ3) is 4.97. The second-order valence-corrected chi connectivity index (χ2v) is 8.81. The quantitative estimate of drug-likeness (QED) is 0.743. The molecule has 3 aliphatic heterocycles. The third-order valence-electron chi connectivity index (χ3n) is 6.19. The van der Waals surface area contributed by atoms with Gasteiger partial charge in [-0.15, -0.1) is 0 Å². The highest BCUT2D eigenvalue weighted by molar-refractivity contribution is 5.78. The average Bonchev–Trinajstić information content (AvgIpc) is 2.63. The SMILES string of the molecule is CC(C)CCN1CC2(CCCN(CC(=O)N3CCOCC3)C2)CCC1=O. The number of nitrogens with zero attached hydrogens (tertiary/aromatic N) is 3. The number of ether oxygens (including phenoxy) is 1. The highest BCUT2D eigenvalue weighted by atomic mass is 16.5.